The Morgan fingerprint density at radius 1 is 1.04 bits per heavy atom. The Labute approximate surface area is 138 Å². The maximum atomic E-state index is 2.58. The molecule has 2 nitrogen and oxygen atoms in total. The van der Waals surface area contributed by atoms with E-state index in [9.17, 15) is 0 Å². The molecule has 1 aliphatic rings. The van der Waals surface area contributed by atoms with Crippen molar-refractivity contribution < 1.29 is 0 Å². The minimum Gasteiger partial charge on any atom is -0.363 e. The highest BCUT2D eigenvalue weighted by Gasteiger charge is 2.31. The molecule has 23 heavy (non-hydrogen) atoms. The van der Waals surface area contributed by atoms with E-state index in [1.165, 1.54) is 27.8 Å². The Morgan fingerprint density at radius 2 is 1.83 bits per heavy atom. The predicted molar refractivity (Wildman–Crippen MR) is 98.2 cm³/mol. The van der Waals surface area contributed by atoms with Gasteiger partial charge in [0.1, 0.15) is 0 Å². The van der Waals surface area contributed by atoms with Crippen molar-refractivity contribution in [2.45, 2.75) is 32.7 Å². The lowest BCUT2D eigenvalue weighted by molar-refractivity contribution is 0.539. The van der Waals surface area contributed by atoms with Crippen molar-refractivity contribution >= 4 is 16.6 Å². The van der Waals surface area contributed by atoms with Crippen molar-refractivity contribution in [3.63, 3.8) is 0 Å². The van der Waals surface area contributed by atoms with Gasteiger partial charge in [-0.1, -0.05) is 43.3 Å². The Balaban J connectivity index is 1.91. The van der Waals surface area contributed by atoms with Crippen LogP contribution in [0.2, 0.25) is 0 Å². The zero-order valence-corrected chi connectivity index (χ0v) is 14.2. The number of hydrogen-bond acceptors (Lipinski definition) is 1. The molecule has 0 bridgehead atoms. The van der Waals surface area contributed by atoms with E-state index in [0.29, 0.717) is 6.04 Å². The average Bonchev–Trinajstić information content (AvgIpc) is 2.89. The van der Waals surface area contributed by atoms with Crippen LogP contribution >= 0.6 is 0 Å². The van der Waals surface area contributed by atoms with Crippen LogP contribution < -0.4 is 4.90 Å². The molecule has 0 amide bonds. The van der Waals surface area contributed by atoms with Gasteiger partial charge in [-0.2, -0.15) is 0 Å². The number of fused-ring (bicyclic) bond motifs is 3. The minimum atomic E-state index is 0.456. The summed E-state index contributed by atoms with van der Waals surface area (Å²) in [7, 11) is 2.24. The van der Waals surface area contributed by atoms with Crippen LogP contribution in [0.1, 0.15) is 36.2 Å². The monoisotopic (exact) mass is 304 g/mol. The molecule has 0 radical (unpaired) electrons. The van der Waals surface area contributed by atoms with Crippen molar-refractivity contribution in [3.05, 3.63) is 65.4 Å². The summed E-state index contributed by atoms with van der Waals surface area (Å²) in [6, 6.07) is 18.0. The van der Waals surface area contributed by atoms with Gasteiger partial charge in [-0.3, -0.25) is 0 Å². The van der Waals surface area contributed by atoms with Crippen molar-refractivity contribution in [1.29, 1.82) is 0 Å². The molecule has 0 saturated carbocycles. The molecule has 118 valence electrons. The van der Waals surface area contributed by atoms with Gasteiger partial charge in [-0.25, -0.2) is 0 Å². The lowest BCUT2D eigenvalue weighted by atomic mass is 9.94. The number of para-hydroxylation sites is 2. The number of anilines is 1. The van der Waals surface area contributed by atoms with E-state index in [1.807, 2.05) is 0 Å². The van der Waals surface area contributed by atoms with Gasteiger partial charge in [0.15, 0.2) is 0 Å². The predicted octanol–water partition coefficient (Wildman–Crippen LogP) is 5.00. The summed E-state index contributed by atoms with van der Waals surface area (Å²) in [6.07, 6.45) is 2.26. The van der Waals surface area contributed by atoms with E-state index >= 15 is 0 Å². The van der Waals surface area contributed by atoms with Crippen molar-refractivity contribution in [2.75, 3.05) is 11.4 Å². The summed E-state index contributed by atoms with van der Waals surface area (Å²) in [5, 5.41) is 1.45. The summed E-state index contributed by atoms with van der Waals surface area (Å²) in [4.78, 5) is 2.58. The second kappa shape index (κ2) is 5.45. The quantitative estimate of drug-likeness (QED) is 0.647. The molecule has 1 unspecified atom stereocenters. The second-order valence-electron chi connectivity index (χ2n) is 6.60. The smallest absolute Gasteiger partial charge is 0.0694 e. The minimum absolute atomic E-state index is 0.456. The zero-order chi connectivity index (χ0) is 16.0. The van der Waals surface area contributed by atoms with Crippen LogP contribution in [0.15, 0.2) is 48.5 Å². The molecule has 2 heterocycles. The van der Waals surface area contributed by atoms with Gasteiger partial charge < -0.3 is 9.47 Å². The van der Waals surface area contributed by atoms with Gasteiger partial charge in [0, 0.05) is 30.4 Å². The SMILES string of the molecule is CCC1c2c(c3cccc(C)c3n2C)CCN1c1ccccc1. The Morgan fingerprint density at radius 3 is 2.57 bits per heavy atom. The van der Waals surface area contributed by atoms with E-state index in [-0.39, 0.29) is 0 Å². The fourth-order valence-electron chi connectivity index (χ4n) is 4.37. The summed E-state index contributed by atoms with van der Waals surface area (Å²) in [5.74, 6) is 0. The van der Waals surface area contributed by atoms with Gasteiger partial charge in [0.05, 0.1) is 11.6 Å². The zero-order valence-electron chi connectivity index (χ0n) is 14.2. The molecule has 1 aliphatic heterocycles. The normalized spacial score (nSPS) is 17.5. The third-order valence-electron chi connectivity index (χ3n) is 5.34. The number of nitrogens with zero attached hydrogens (tertiary/aromatic N) is 2. The van der Waals surface area contributed by atoms with E-state index in [2.05, 4.69) is 78.9 Å². The van der Waals surface area contributed by atoms with Gasteiger partial charge >= 0.3 is 0 Å². The van der Waals surface area contributed by atoms with Crippen molar-refractivity contribution in [3.8, 4) is 0 Å². The molecule has 0 fully saturated rings. The number of benzene rings is 2. The molecular weight excluding hydrogens is 280 g/mol. The Bertz CT molecular complexity index is 845. The van der Waals surface area contributed by atoms with Crippen LogP contribution in [-0.4, -0.2) is 11.1 Å². The summed E-state index contributed by atoms with van der Waals surface area (Å²) in [5.41, 5.74) is 7.19. The molecule has 1 atom stereocenters. The first-order valence-electron chi connectivity index (χ1n) is 8.60. The molecule has 2 heteroatoms. The molecular formula is C21H24N2. The van der Waals surface area contributed by atoms with Crippen LogP contribution in [0.3, 0.4) is 0 Å². The topological polar surface area (TPSA) is 8.17 Å². The lowest BCUT2D eigenvalue weighted by Gasteiger charge is -2.38. The number of hydrogen-bond donors (Lipinski definition) is 0. The fourth-order valence-corrected chi connectivity index (χ4v) is 4.37. The first kappa shape index (κ1) is 14.4. The highest BCUT2D eigenvalue weighted by molar-refractivity contribution is 5.89. The van der Waals surface area contributed by atoms with E-state index in [0.717, 1.165) is 19.4 Å². The molecule has 1 aromatic heterocycles. The number of aromatic nitrogens is 1. The maximum Gasteiger partial charge on any atom is 0.0694 e. The van der Waals surface area contributed by atoms with Crippen molar-refractivity contribution in [1.82, 2.24) is 4.57 Å². The molecule has 0 N–H and O–H groups in total. The maximum absolute atomic E-state index is 2.58. The van der Waals surface area contributed by atoms with Gasteiger partial charge in [-0.15, -0.1) is 0 Å². The molecule has 2 aromatic carbocycles. The van der Waals surface area contributed by atoms with E-state index in [1.54, 1.807) is 5.56 Å². The highest BCUT2D eigenvalue weighted by Crippen LogP contribution is 2.40. The third kappa shape index (κ3) is 2.08. The summed E-state index contributed by atoms with van der Waals surface area (Å²) >= 11 is 0. The summed E-state index contributed by atoms with van der Waals surface area (Å²) < 4.78 is 2.45. The van der Waals surface area contributed by atoms with Crippen molar-refractivity contribution in [2.24, 2.45) is 7.05 Å². The number of rotatable bonds is 2. The van der Waals surface area contributed by atoms with Crippen LogP contribution in [0.4, 0.5) is 5.69 Å². The average molecular weight is 304 g/mol. The Kier molecular flexibility index (Phi) is 3.41. The van der Waals surface area contributed by atoms with Crippen LogP contribution in [0.5, 0.6) is 0 Å². The first-order valence-corrected chi connectivity index (χ1v) is 8.60. The first-order chi connectivity index (χ1) is 11.2. The standard InChI is InChI=1S/C21H24N2/c1-4-19-21-18(13-14-23(19)16-10-6-5-7-11-16)17-12-8-9-15(2)20(17)22(21)3/h5-12,19H,4,13-14H2,1-3H3. The summed E-state index contributed by atoms with van der Waals surface area (Å²) in [6.45, 7) is 5.63. The Hall–Kier alpha value is -2.22. The molecule has 0 spiro atoms. The van der Waals surface area contributed by atoms with Gasteiger partial charge in [0.2, 0.25) is 0 Å². The van der Waals surface area contributed by atoms with Crippen LogP contribution in [0, 0.1) is 6.92 Å². The van der Waals surface area contributed by atoms with E-state index in [4.69, 9.17) is 0 Å². The lowest BCUT2D eigenvalue weighted by Crippen LogP contribution is -2.36. The number of aryl methyl sites for hydroxylation is 2. The second-order valence-corrected chi connectivity index (χ2v) is 6.60. The fraction of sp³-hybridized carbons (Fsp3) is 0.333. The van der Waals surface area contributed by atoms with Gasteiger partial charge in [0.25, 0.3) is 0 Å². The molecule has 0 aliphatic carbocycles. The van der Waals surface area contributed by atoms with Crippen LogP contribution in [-0.2, 0) is 13.5 Å². The molecule has 4 rings (SSSR count). The third-order valence-corrected chi connectivity index (χ3v) is 5.34. The molecule has 0 saturated heterocycles. The van der Waals surface area contributed by atoms with Gasteiger partial charge in [-0.05, 0) is 43.0 Å². The molecule has 3 aromatic rings. The largest absolute Gasteiger partial charge is 0.363 e. The highest BCUT2D eigenvalue weighted by atomic mass is 15.2. The van der Waals surface area contributed by atoms with E-state index < -0.39 is 0 Å². The van der Waals surface area contributed by atoms with Crippen LogP contribution in [0.25, 0.3) is 10.9 Å².